The van der Waals surface area contributed by atoms with Crippen molar-refractivity contribution in [2.75, 3.05) is 43.6 Å². The van der Waals surface area contributed by atoms with Crippen LogP contribution in [0.3, 0.4) is 0 Å². The summed E-state index contributed by atoms with van der Waals surface area (Å²) in [5.74, 6) is 1.95. The predicted molar refractivity (Wildman–Crippen MR) is 82.6 cm³/mol. The molecule has 1 aromatic rings. The summed E-state index contributed by atoms with van der Waals surface area (Å²) < 4.78 is 5.37. The van der Waals surface area contributed by atoms with E-state index in [1.54, 1.807) is 11.8 Å². The molecule has 7 heteroatoms. The van der Waals surface area contributed by atoms with Crippen LogP contribution in [0, 0.1) is 5.92 Å². The van der Waals surface area contributed by atoms with Gasteiger partial charge in [0, 0.05) is 25.4 Å². The van der Waals surface area contributed by atoms with Gasteiger partial charge in [-0.05, 0) is 5.92 Å². The number of nitrogens with one attached hydrogen (secondary N) is 1. The van der Waals surface area contributed by atoms with Crippen molar-refractivity contribution in [2.45, 2.75) is 31.2 Å². The Morgan fingerprint density at radius 3 is 2.45 bits per heavy atom. The van der Waals surface area contributed by atoms with Gasteiger partial charge in [-0.25, -0.2) is 0 Å². The molecule has 1 saturated heterocycles. The van der Waals surface area contributed by atoms with Gasteiger partial charge in [0.15, 0.2) is 5.16 Å². The largest absolute Gasteiger partial charge is 0.378 e. The SMILES string of the molecule is CNc1nc(SC(C)C(C)C)nc(N2CCOCC2)n1. The van der Waals surface area contributed by atoms with E-state index in [9.17, 15) is 0 Å². The third kappa shape index (κ3) is 3.96. The van der Waals surface area contributed by atoms with Crippen LogP contribution in [0.1, 0.15) is 20.8 Å². The molecule has 0 aromatic carbocycles. The molecule has 1 atom stereocenters. The van der Waals surface area contributed by atoms with Crippen LogP contribution in [-0.2, 0) is 4.74 Å². The predicted octanol–water partition coefficient (Wildman–Crippen LogP) is 1.89. The van der Waals surface area contributed by atoms with Crippen LogP contribution in [0.2, 0.25) is 0 Å². The summed E-state index contributed by atoms with van der Waals surface area (Å²) in [6.45, 7) is 9.74. The lowest BCUT2D eigenvalue weighted by Gasteiger charge is -2.27. The van der Waals surface area contributed by atoms with E-state index in [1.165, 1.54) is 0 Å². The summed E-state index contributed by atoms with van der Waals surface area (Å²) in [5.41, 5.74) is 0. The zero-order valence-electron chi connectivity index (χ0n) is 12.6. The molecule has 112 valence electrons. The molecule has 1 N–H and O–H groups in total. The Balaban J connectivity index is 2.19. The fourth-order valence-corrected chi connectivity index (χ4v) is 2.60. The first-order valence-corrected chi connectivity index (χ1v) is 7.91. The minimum Gasteiger partial charge on any atom is -0.378 e. The Morgan fingerprint density at radius 1 is 1.15 bits per heavy atom. The zero-order chi connectivity index (χ0) is 14.5. The minimum atomic E-state index is 0.472. The number of thioether (sulfide) groups is 1. The molecule has 1 unspecified atom stereocenters. The van der Waals surface area contributed by atoms with Gasteiger partial charge < -0.3 is 15.0 Å². The third-order valence-corrected chi connectivity index (χ3v) is 4.66. The van der Waals surface area contributed by atoms with Crippen molar-refractivity contribution in [3.05, 3.63) is 0 Å². The van der Waals surface area contributed by atoms with Crippen LogP contribution in [0.5, 0.6) is 0 Å². The van der Waals surface area contributed by atoms with E-state index in [1.807, 2.05) is 7.05 Å². The van der Waals surface area contributed by atoms with E-state index < -0.39 is 0 Å². The van der Waals surface area contributed by atoms with Crippen molar-refractivity contribution in [1.29, 1.82) is 0 Å². The van der Waals surface area contributed by atoms with Crippen molar-refractivity contribution in [1.82, 2.24) is 15.0 Å². The Morgan fingerprint density at radius 2 is 1.85 bits per heavy atom. The van der Waals surface area contributed by atoms with Crippen molar-refractivity contribution in [3.8, 4) is 0 Å². The first-order chi connectivity index (χ1) is 9.60. The standard InChI is InChI=1S/C13H23N5OS/c1-9(2)10(3)20-13-16-11(14-4)15-12(17-13)18-5-7-19-8-6-18/h9-10H,5-8H2,1-4H3,(H,14,15,16,17). The van der Waals surface area contributed by atoms with E-state index in [0.717, 1.165) is 37.4 Å². The summed E-state index contributed by atoms with van der Waals surface area (Å²) in [4.78, 5) is 15.6. The molecular formula is C13H23N5OS. The summed E-state index contributed by atoms with van der Waals surface area (Å²) in [6, 6.07) is 0. The van der Waals surface area contributed by atoms with Gasteiger partial charge in [0.25, 0.3) is 0 Å². The quantitative estimate of drug-likeness (QED) is 0.833. The van der Waals surface area contributed by atoms with Gasteiger partial charge >= 0.3 is 0 Å². The van der Waals surface area contributed by atoms with E-state index >= 15 is 0 Å². The van der Waals surface area contributed by atoms with Crippen molar-refractivity contribution in [2.24, 2.45) is 5.92 Å². The minimum absolute atomic E-state index is 0.472. The Bertz CT molecular complexity index is 437. The number of hydrogen-bond acceptors (Lipinski definition) is 7. The monoisotopic (exact) mass is 297 g/mol. The number of nitrogens with zero attached hydrogens (tertiary/aromatic N) is 4. The Labute approximate surface area is 124 Å². The van der Waals surface area contributed by atoms with Gasteiger partial charge in [-0.1, -0.05) is 32.5 Å². The van der Waals surface area contributed by atoms with Gasteiger partial charge in [0.2, 0.25) is 11.9 Å². The van der Waals surface area contributed by atoms with Gasteiger partial charge in [-0.2, -0.15) is 15.0 Å². The zero-order valence-corrected chi connectivity index (χ0v) is 13.4. The number of aromatic nitrogens is 3. The van der Waals surface area contributed by atoms with Crippen molar-refractivity contribution in [3.63, 3.8) is 0 Å². The molecule has 2 rings (SSSR count). The number of rotatable bonds is 5. The average Bonchev–Trinajstić information content (AvgIpc) is 2.47. The van der Waals surface area contributed by atoms with Crippen LogP contribution < -0.4 is 10.2 Å². The average molecular weight is 297 g/mol. The second kappa shape index (κ2) is 7.08. The van der Waals surface area contributed by atoms with Crippen LogP contribution in [0.15, 0.2) is 5.16 Å². The highest BCUT2D eigenvalue weighted by Crippen LogP contribution is 2.26. The van der Waals surface area contributed by atoms with Crippen LogP contribution in [-0.4, -0.2) is 53.6 Å². The van der Waals surface area contributed by atoms with Gasteiger partial charge in [0.1, 0.15) is 0 Å². The first-order valence-electron chi connectivity index (χ1n) is 7.03. The smallest absolute Gasteiger partial charge is 0.231 e. The van der Waals surface area contributed by atoms with Crippen LogP contribution >= 0.6 is 11.8 Å². The fourth-order valence-electron chi connectivity index (χ4n) is 1.72. The molecule has 0 aliphatic carbocycles. The maximum Gasteiger partial charge on any atom is 0.231 e. The Kier molecular flexibility index (Phi) is 5.42. The maximum atomic E-state index is 5.37. The van der Waals surface area contributed by atoms with E-state index in [-0.39, 0.29) is 0 Å². The lowest BCUT2D eigenvalue weighted by Crippen LogP contribution is -2.37. The summed E-state index contributed by atoms with van der Waals surface area (Å²) in [6.07, 6.45) is 0. The summed E-state index contributed by atoms with van der Waals surface area (Å²) in [7, 11) is 1.83. The molecule has 0 bridgehead atoms. The lowest BCUT2D eigenvalue weighted by molar-refractivity contribution is 0.122. The highest BCUT2D eigenvalue weighted by atomic mass is 32.2. The summed E-state index contributed by atoms with van der Waals surface area (Å²) >= 11 is 1.70. The van der Waals surface area contributed by atoms with Crippen molar-refractivity contribution < 1.29 is 4.74 Å². The first kappa shape index (κ1) is 15.3. The molecule has 2 heterocycles. The van der Waals surface area contributed by atoms with Crippen LogP contribution in [0.25, 0.3) is 0 Å². The number of anilines is 2. The topological polar surface area (TPSA) is 63.2 Å². The molecule has 1 fully saturated rings. The molecule has 1 aliphatic rings. The highest BCUT2D eigenvalue weighted by molar-refractivity contribution is 7.99. The molecule has 1 aliphatic heterocycles. The van der Waals surface area contributed by atoms with E-state index in [2.05, 4.69) is 45.9 Å². The molecule has 1 aromatic heterocycles. The fraction of sp³-hybridized carbons (Fsp3) is 0.769. The molecule has 0 amide bonds. The van der Waals surface area contributed by atoms with Gasteiger partial charge in [-0.15, -0.1) is 0 Å². The number of ether oxygens (including phenoxy) is 1. The molecule has 6 nitrogen and oxygen atoms in total. The molecular weight excluding hydrogens is 274 g/mol. The molecule has 0 spiro atoms. The van der Waals surface area contributed by atoms with E-state index in [4.69, 9.17) is 4.74 Å². The number of morpholine rings is 1. The maximum absolute atomic E-state index is 5.37. The normalized spacial score (nSPS) is 17.4. The van der Waals surface area contributed by atoms with Gasteiger partial charge in [0.05, 0.1) is 13.2 Å². The second-order valence-electron chi connectivity index (χ2n) is 5.16. The van der Waals surface area contributed by atoms with E-state index in [0.29, 0.717) is 17.1 Å². The molecule has 0 saturated carbocycles. The lowest BCUT2D eigenvalue weighted by atomic mass is 10.2. The van der Waals surface area contributed by atoms with Crippen LogP contribution in [0.4, 0.5) is 11.9 Å². The van der Waals surface area contributed by atoms with Crippen molar-refractivity contribution >= 4 is 23.7 Å². The highest BCUT2D eigenvalue weighted by Gasteiger charge is 2.18. The van der Waals surface area contributed by atoms with Gasteiger partial charge in [-0.3, -0.25) is 0 Å². The summed E-state index contributed by atoms with van der Waals surface area (Å²) in [5, 5.41) is 4.27. The second-order valence-corrected chi connectivity index (χ2v) is 6.50. The number of hydrogen-bond donors (Lipinski definition) is 1. The third-order valence-electron chi connectivity index (χ3n) is 3.35. The Hall–Kier alpha value is -1.08. The molecule has 20 heavy (non-hydrogen) atoms. The molecule has 0 radical (unpaired) electrons.